The van der Waals surface area contributed by atoms with E-state index in [9.17, 15) is 9.90 Å². The zero-order valence-electron chi connectivity index (χ0n) is 14.1. The molecule has 24 heavy (non-hydrogen) atoms. The number of rotatable bonds is 5. The minimum Gasteiger partial charge on any atom is -0.497 e. The fraction of sp³-hybridized carbons (Fsp3) is 0.421. The maximum Gasteiger partial charge on any atom is 0.308 e. The molecular weight excluding hydrogens is 306 g/mol. The average Bonchev–Trinajstić information content (AvgIpc) is 2.93. The molecule has 5 heteroatoms. The number of benzene rings is 1. The number of methoxy groups -OCH3 is 1. The normalized spacial score (nSPS) is 20.7. The molecule has 0 bridgehead atoms. The van der Waals surface area contributed by atoms with Crippen LogP contribution >= 0.6 is 0 Å². The molecule has 5 nitrogen and oxygen atoms in total. The van der Waals surface area contributed by atoms with E-state index in [1.54, 1.807) is 7.11 Å². The van der Waals surface area contributed by atoms with Crippen molar-refractivity contribution in [2.24, 2.45) is 0 Å². The lowest BCUT2D eigenvalue weighted by Gasteiger charge is -2.26. The summed E-state index contributed by atoms with van der Waals surface area (Å²) in [6, 6.07) is 12.1. The predicted molar refractivity (Wildman–Crippen MR) is 90.9 cm³/mol. The van der Waals surface area contributed by atoms with Crippen molar-refractivity contribution in [3.8, 4) is 17.0 Å². The summed E-state index contributed by atoms with van der Waals surface area (Å²) in [5, 5.41) is 9.73. The van der Waals surface area contributed by atoms with Gasteiger partial charge >= 0.3 is 5.97 Å². The second-order valence-corrected chi connectivity index (χ2v) is 6.24. The molecular formula is C19H23NO4. The summed E-state index contributed by atoms with van der Waals surface area (Å²) in [7, 11) is 1.66. The Morgan fingerprint density at radius 1 is 1.33 bits per heavy atom. The molecule has 1 aromatic heterocycles. The van der Waals surface area contributed by atoms with E-state index in [1.807, 2.05) is 18.2 Å². The molecule has 1 N–H and O–H groups in total. The van der Waals surface area contributed by atoms with Crippen molar-refractivity contribution in [1.29, 1.82) is 0 Å². The van der Waals surface area contributed by atoms with Crippen LogP contribution in [0.15, 0.2) is 36.4 Å². The van der Waals surface area contributed by atoms with E-state index in [0.29, 0.717) is 12.8 Å². The summed E-state index contributed by atoms with van der Waals surface area (Å²) in [5.41, 5.74) is 3.34. The maximum absolute atomic E-state index is 11.5. The molecule has 0 radical (unpaired) electrons. The second-order valence-electron chi connectivity index (χ2n) is 6.24. The summed E-state index contributed by atoms with van der Waals surface area (Å²) in [4.78, 5) is 11.5. The first kappa shape index (κ1) is 16.6. The number of aromatic nitrogens is 1. The number of esters is 1. The van der Waals surface area contributed by atoms with Gasteiger partial charge in [-0.3, -0.25) is 4.79 Å². The number of aliphatic hydroxyl groups excluding tert-OH is 1. The van der Waals surface area contributed by atoms with E-state index in [2.05, 4.69) is 29.7 Å². The van der Waals surface area contributed by atoms with Gasteiger partial charge in [-0.1, -0.05) is 12.1 Å². The zero-order valence-corrected chi connectivity index (χ0v) is 14.1. The van der Waals surface area contributed by atoms with Crippen LogP contribution in [-0.4, -0.2) is 35.0 Å². The van der Waals surface area contributed by atoms with E-state index in [-0.39, 0.29) is 18.5 Å². The van der Waals surface area contributed by atoms with Crippen LogP contribution in [-0.2, 0) is 16.1 Å². The minimum absolute atomic E-state index is 0.105. The van der Waals surface area contributed by atoms with Crippen LogP contribution in [0.5, 0.6) is 5.75 Å². The first-order valence-electron chi connectivity index (χ1n) is 8.25. The summed E-state index contributed by atoms with van der Waals surface area (Å²) < 4.78 is 12.9. The molecule has 3 rings (SSSR count). The van der Waals surface area contributed by atoms with Crippen molar-refractivity contribution in [3.05, 3.63) is 42.1 Å². The molecule has 0 aliphatic carbocycles. The number of hydrogen-bond acceptors (Lipinski definition) is 4. The van der Waals surface area contributed by atoms with Crippen LogP contribution in [0.3, 0.4) is 0 Å². The van der Waals surface area contributed by atoms with Crippen LogP contribution in [0.25, 0.3) is 11.3 Å². The molecule has 1 aliphatic heterocycles. The van der Waals surface area contributed by atoms with E-state index in [4.69, 9.17) is 9.47 Å². The Morgan fingerprint density at radius 2 is 2.17 bits per heavy atom. The van der Waals surface area contributed by atoms with Gasteiger partial charge in [0.2, 0.25) is 0 Å². The Labute approximate surface area is 141 Å². The maximum atomic E-state index is 11.5. The van der Waals surface area contributed by atoms with E-state index >= 15 is 0 Å². The van der Waals surface area contributed by atoms with Gasteiger partial charge in [-0.15, -0.1) is 0 Å². The fourth-order valence-electron chi connectivity index (χ4n) is 3.21. The Bertz CT molecular complexity index is 722. The Morgan fingerprint density at radius 3 is 2.92 bits per heavy atom. The lowest BCUT2D eigenvalue weighted by atomic mass is 10.0. The molecule has 1 saturated heterocycles. The fourth-order valence-corrected chi connectivity index (χ4v) is 3.21. The molecule has 0 amide bonds. The largest absolute Gasteiger partial charge is 0.497 e. The highest BCUT2D eigenvalue weighted by atomic mass is 16.5. The highest BCUT2D eigenvalue weighted by Crippen LogP contribution is 2.27. The van der Waals surface area contributed by atoms with Gasteiger partial charge in [-0.25, -0.2) is 0 Å². The highest BCUT2D eigenvalue weighted by Gasteiger charge is 2.27. The molecule has 2 heterocycles. The smallest absolute Gasteiger partial charge is 0.308 e. The van der Waals surface area contributed by atoms with Gasteiger partial charge in [0.25, 0.3) is 0 Å². The van der Waals surface area contributed by atoms with E-state index in [0.717, 1.165) is 29.2 Å². The highest BCUT2D eigenvalue weighted by molar-refractivity contribution is 5.71. The molecule has 1 aliphatic rings. The van der Waals surface area contributed by atoms with Crippen LogP contribution < -0.4 is 4.74 Å². The number of aliphatic hydroxyl groups is 1. The van der Waals surface area contributed by atoms with Gasteiger partial charge in [-0.05, 0) is 31.2 Å². The van der Waals surface area contributed by atoms with Gasteiger partial charge in [0.1, 0.15) is 11.9 Å². The van der Waals surface area contributed by atoms with Crippen molar-refractivity contribution in [2.45, 2.75) is 44.9 Å². The number of nitrogens with zero attached hydrogens (tertiary/aromatic N) is 1. The van der Waals surface area contributed by atoms with Crippen molar-refractivity contribution >= 4 is 5.97 Å². The number of hydrogen-bond donors (Lipinski definition) is 1. The SMILES string of the molecule is COc1cccc(-c2ccc(C)n2CC[C@@H]2C[C@@H](O)CC(=O)O2)c1. The molecule has 0 unspecified atom stereocenters. The zero-order chi connectivity index (χ0) is 17.1. The average molecular weight is 329 g/mol. The van der Waals surface area contributed by atoms with E-state index < -0.39 is 6.10 Å². The number of cyclic esters (lactones) is 1. The van der Waals surface area contributed by atoms with Gasteiger partial charge in [0.05, 0.1) is 19.6 Å². The van der Waals surface area contributed by atoms with Gasteiger partial charge < -0.3 is 19.1 Å². The molecule has 1 aromatic carbocycles. The van der Waals surface area contributed by atoms with Crippen molar-refractivity contribution in [1.82, 2.24) is 4.57 Å². The van der Waals surface area contributed by atoms with Crippen molar-refractivity contribution in [3.63, 3.8) is 0 Å². The van der Waals surface area contributed by atoms with Gasteiger partial charge in [0.15, 0.2) is 0 Å². The molecule has 0 saturated carbocycles. The van der Waals surface area contributed by atoms with Crippen LogP contribution in [0, 0.1) is 6.92 Å². The molecule has 1 fully saturated rings. The quantitative estimate of drug-likeness (QED) is 0.857. The number of carbonyl (C=O) groups excluding carboxylic acids is 1. The van der Waals surface area contributed by atoms with Crippen molar-refractivity contribution in [2.75, 3.05) is 7.11 Å². The Balaban J connectivity index is 1.76. The molecule has 2 aromatic rings. The van der Waals surface area contributed by atoms with Crippen LogP contribution in [0.2, 0.25) is 0 Å². The Kier molecular flexibility index (Phi) is 4.90. The minimum atomic E-state index is -0.583. The monoisotopic (exact) mass is 329 g/mol. The van der Waals surface area contributed by atoms with Crippen molar-refractivity contribution < 1.29 is 19.4 Å². The molecule has 0 spiro atoms. The third-order valence-electron chi connectivity index (χ3n) is 4.47. The van der Waals surface area contributed by atoms with Gasteiger partial charge in [0, 0.05) is 36.3 Å². The molecule has 2 atom stereocenters. The lowest BCUT2D eigenvalue weighted by Crippen LogP contribution is -2.33. The predicted octanol–water partition coefficient (Wildman–Crippen LogP) is 2.93. The molecule has 128 valence electrons. The summed E-state index contributed by atoms with van der Waals surface area (Å²) in [6.45, 7) is 2.79. The second kappa shape index (κ2) is 7.09. The van der Waals surface area contributed by atoms with Gasteiger partial charge in [-0.2, -0.15) is 0 Å². The summed E-state index contributed by atoms with van der Waals surface area (Å²) in [6.07, 6.45) is 0.505. The summed E-state index contributed by atoms with van der Waals surface area (Å²) >= 11 is 0. The van der Waals surface area contributed by atoms with Crippen LogP contribution in [0.4, 0.5) is 0 Å². The number of aryl methyl sites for hydroxylation is 1. The number of ether oxygens (including phenoxy) is 2. The lowest BCUT2D eigenvalue weighted by molar-refractivity contribution is -0.160. The third-order valence-corrected chi connectivity index (χ3v) is 4.47. The first-order chi connectivity index (χ1) is 11.6. The Hall–Kier alpha value is -2.27. The standard InChI is InChI=1S/C19H23NO4/c1-13-6-7-18(14-4-3-5-16(10-14)23-2)20(13)9-8-17-11-15(21)12-19(22)24-17/h3-7,10,15,17,21H,8-9,11-12H2,1-2H3/t15-,17-/m1/s1. The summed E-state index contributed by atoms with van der Waals surface area (Å²) in [5.74, 6) is 0.512. The topological polar surface area (TPSA) is 60.7 Å². The number of carbonyl (C=O) groups is 1. The first-order valence-corrected chi connectivity index (χ1v) is 8.25. The van der Waals surface area contributed by atoms with E-state index in [1.165, 1.54) is 0 Å². The van der Waals surface area contributed by atoms with Crippen LogP contribution in [0.1, 0.15) is 25.0 Å². The third kappa shape index (κ3) is 3.62.